The van der Waals surface area contributed by atoms with E-state index in [0.717, 1.165) is 0 Å². The van der Waals surface area contributed by atoms with Crippen molar-refractivity contribution in [3.63, 3.8) is 0 Å². The lowest BCUT2D eigenvalue weighted by Crippen LogP contribution is -2.27. The second-order valence-corrected chi connectivity index (χ2v) is 5.26. The molecule has 2 rings (SSSR count). The summed E-state index contributed by atoms with van der Waals surface area (Å²) in [7, 11) is 2.89. The average molecular weight is 348 g/mol. The van der Waals surface area contributed by atoms with Gasteiger partial charge in [0.25, 0.3) is 5.91 Å². The minimum absolute atomic E-state index is 0.0425. The Morgan fingerprint density at radius 2 is 2.12 bits per heavy atom. The summed E-state index contributed by atoms with van der Waals surface area (Å²) in [6, 6.07) is 4.77. The van der Waals surface area contributed by atoms with E-state index in [2.05, 4.69) is 9.72 Å². The van der Waals surface area contributed by atoms with Gasteiger partial charge < -0.3 is 23.9 Å². The second-order valence-electron chi connectivity index (χ2n) is 5.26. The predicted octanol–water partition coefficient (Wildman–Crippen LogP) is 1.41. The fourth-order valence-electron chi connectivity index (χ4n) is 2.26. The average Bonchev–Trinajstić information content (AvgIpc) is 2.99. The molecule has 0 unspecified atom stereocenters. The highest BCUT2D eigenvalue weighted by Gasteiger charge is 2.21. The normalized spacial score (nSPS) is 10.4. The third kappa shape index (κ3) is 4.36. The van der Waals surface area contributed by atoms with Crippen LogP contribution in [0.1, 0.15) is 32.2 Å². The molecule has 8 heteroatoms. The second kappa shape index (κ2) is 8.29. The molecule has 2 aromatic rings. The lowest BCUT2D eigenvalue weighted by molar-refractivity contribution is 0.0598. The van der Waals surface area contributed by atoms with Gasteiger partial charge in [0.2, 0.25) is 5.88 Å². The molecule has 0 fully saturated rings. The maximum absolute atomic E-state index is 12.6. The first-order valence-electron chi connectivity index (χ1n) is 7.59. The number of nitrogens with zero attached hydrogens (tertiary/aromatic N) is 2. The number of ether oxygens (including phenoxy) is 2. The molecular formula is C17H20N2O6. The summed E-state index contributed by atoms with van der Waals surface area (Å²) >= 11 is 0. The first kappa shape index (κ1) is 18.5. The largest absolute Gasteiger partial charge is 0.475 e. The van der Waals surface area contributed by atoms with Crippen LogP contribution in [0.3, 0.4) is 0 Å². The van der Waals surface area contributed by atoms with E-state index in [-0.39, 0.29) is 37.1 Å². The van der Waals surface area contributed by atoms with Crippen molar-refractivity contribution >= 4 is 11.9 Å². The maximum Gasteiger partial charge on any atom is 0.341 e. The van der Waals surface area contributed by atoms with E-state index in [0.29, 0.717) is 17.1 Å². The molecule has 1 N–H and O–H groups in total. The van der Waals surface area contributed by atoms with Crippen LogP contribution in [0.5, 0.6) is 5.88 Å². The fourth-order valence-corrected chi connectivity index (χ4v) is 2.26. The Hall–Kier alpha value is -2.87. The number of aryl methyl sites for hydroxylation is 1. The number of aliphatic hydroxyl groups is 1. The summed E-state index contributed by atoms with van der Waals surface area (Å²) in [6.45, 7) is 1.67. The molecule has 134 valence electrons. The third-order valence-electron chi connectivity index (χ3n) is 3.45. The minimum atomic E-state index is -0.492. The Morgan fingerprint density at radius 1 is 1.36 bits per heavy atom. The number of hydrogen-bond acceptors (Lipinski definition) is 7. The number of carbonyl (C=O) groups excluding carboxylic acids is 2. The molecule has 0 saturated carbocycles. The van der Waals surface area contributed by atoms with Gasteiger partial charge in [0.15, 0.2) is 0 Å². The molecule has 8 nitrogen and oxygen atoms in total. The van der Waals surface area contributed by atoms with Crippen molar-refractivity contribution in [3.8, 4) is 5.88 Å². The van der Waals surface area contributed by atoms with Gasteiger partial charge in [0.05, 0.1) is 20.3 Å². The zero-order valence-corrected chi connectivity index (χ0v) is 14.3. The van der Waals surface area contributed by atoms with Crippen molar-refractivity contribution in [2.75, 3.05) is 27.4 Å². The van der Waals surface area contributed by atoms with Crippen LogP contribution in [0, 0.1) is 6.92 Å². The van der Waals surface area contributed by atoms with Gasteiger partial charge >= 0.3 is 5.97 Å². The molecule has 0 saturated heterocycles. The van der Waals surface area contributed by atoms with Crippen molar-refractivity contribution in [3.05, 3.63) is 47.0 Å². The fraction of sp³-hybridized carbons (Fsp3) is 0.353. The number of carbonyl (C=O) groups is 2. The van der Waals surface area contributed by atoms with Gasteiger partial charge in [-0.15, -0.1) is 0 Å². The number of aliphatic hydroxyl groups excluding tert-OH is 1. The number of furan rings is 1. The van der Waals surface area contributed by atoms with Gasteiger partial charge in [-0.2, -0.15) is 0 Å². The van der Waals surface area contributed by atoms with E-state index in [1.165, 1.54) is 18.2 Å². The monoisotopic (exact) mass is 348 g/mol. The molecule has 25 heavy (non-hydrogen) atoms. The van der Waals surface area contributed by atoms with Crippen LogP contribution >= 0.6 is 0 Å². The zero-order valence-electron chi connectivity index (χ0n) is 14.3. The van der Waals surface area contributed by atoms with Gasteiger partial charge in [0.1, 0.15) is 29.3 Å². The highest BCUT2D eigenvalue weighted by molar-refractivity contribution is 5.96. The van der Waals surface area contributed by atoms with E-state index in [9.17, 15) is 9.59 Å². The van der Waals surface area contributed by atoms with E-state index in [1.54, 1.807) is 32.2 Å². The first-order valence-corrected chi connectivity index (χ1v) is 7.59. The van der Waals surface area contributed by atoms with Crippen molar-refractivity contribution in [1.82, 2.24) is 9.88 Å². The number of rotatable bonds is 7. The molecule has 0 aromatic carbocycles. The molecule has 0 aliphatic heterocycles. The highest BCUT2D eigenvalue weighted by Crippen LogP contribution is 2.20. The molecule has 0 aliphatic carbocycles. The van der Waals surface area contributed by atoms with Crippen LogP contribution in [0.25, 0.3) is 0 Å². The van der Waals surface area contributed by atoms with Gasteiger partial charge in [-0.05, 0) is 25.1 Å². The predicted molar refractivity (Wildman–Crippen MR) is 87.4 cm³/mol. The van der Waals surface area contributed by atoms with E-state index in [4.69, 9.17) is 14.3 Å². The lowest BCUT2D eigenvalue weighted by Gasteiger charge is -2.17. The van der Waals surface area contributed by atoms with E-state index in [1.807, 2.05) is 0 Å². The number of esters is 1. The van der Waals surface area contributed by atoms with Crippen molar-refractivity contribution in [1.29, 1.82) is 0 Å². The van der Waals surface area contributed by atoms with Crippen molar-refractivity contribution in [2.24, 2.45) is 0 Å². The Morgan fingerprint density at radius 3 is 2.80 bits per heavy atom. The Bertz CT molecular complexity index is 755. The zero-order chi connectivity index (χ0) is 18.4. The topological polar surface area (TPSA) is 102 Å². The minimum Gasteiger partial charge on any atom is -0.475 e. The van der Waals surface area contributed by atoms with Crippen LogP contribution in [-0.2, 0) is 11.3 Å². The summed E-state index contributed by atoms with van der Waals surface area (Å²) in [5, 5.41) is 8.86. The van der Waals surface area contributed by atoms with Crippen molar-refractivity contribution < 1.29 is 28.6 Å². The molecule has 0 atom stereocenters. The smallest absolute Gasteiger partial charge is 0.341 e. The molecular weight excluding hydrogens is 328 g/mol. The SMILES string of the molecule is COC(=O)c1cc(CN(C)C(=O)c2cccnc2OCCO)oc1C. The van der Waals surface area contributed by atoms with E-state index >= 15 is 0 Å². The van der Waals surface area contributed by atoms with E-state index < -0.39 is 5.97 Å². The lowest BCUT2D eigenvalue weighted by atomic mass is 10.2. The van der Waals surface area contributed by atoms with Gasteiger partial charge in [-0.1, -0.05) is 0 Å². The Labute approximate surface area is 145 Å². The number of pyridine rings is 1. The van der Waals surface area contributed by atoms with Crippen molar-refractivity contribution in [2.45, 2.75) is 13.5 Å². The molecule has 0 aliphatic rings. The maximum atomic E-state index is 12.6. The van der Waals surface area contributed by atoms with Crippen LogP contribution in [0.4, 0.5) is 0 Å². The molecule has 2 heterocycles. The highest BCUT2D eigenvalue weighted by atomic mass is 16.5. The Balaban J connectivity index is 2.15. The Kier molecular flexibility index (Phi) is 6.13. The summed E-state index contributed by atoms with van der Waals surface area (Å²) < 4.78 is 15.5. The standard InChI is InChI=1S/C17H20N2O6/c1-11-14(17(22)23-3)9-12(25-11)10-19(2)16(21)13-5-4-6-18-15(13)24-8-7-20/h4-6,9,20H,7-8,10H2,1-3H3. The molecule has 0 radical (unpaired) electrons. The number of methoxy groups -OCH3 is 1. The van der Waals surface area contributed by atoms with Crippen LogP contribution < -0.4 is 4.74 Å². The van der Waals surface area contributed by atoms with Crippen LogP contribution in [0.15, 0.2) is 28.8 Å². The molecule has 0 spiro atoms. The van der Waals surface area contributed by atoms with Crippen LogP contribution in [0.2, 0.25) is 0 Å². The number of aromatic nitrogens is 1. The molecule has 0 bridgehead atoms. The summed E-state index contributed by atoms with van der Waals surface area (Å²) in [4.78, 5) is 29.7. The summed E-state index contributed by atoms with van der Waals surface area (Å²) in [5.41, 5.74) is 0.599. The third-order valence-corrected chi connectivity index (χ3v) is 3.45. The quantitative estimate of drug-likeness (QED) is 0.755. The first-order chi connectivity index (χ1) is 12.0. The number of hydrogen-bond donors (Lipinski definition) is 1. The van der Waals surface area contributed by atoms with Gasteiger partial charge in [-0.25, -0.2) is 9.78 Å². The summed E-state index contributed by atoms with van der Waals surface area (Å²) in [6.07, 6.45) is 1.50. The number of amides is 1. The van der Waals surface area contributed by atoms with Gasteiger partial charge in [0, 0.05) is 13.2 Å². The van der Waals surface area contributed by atoms with Gasteiger partial charge in [-0.3, -0.25) is 4.79 Å². The summed E-state index contributed by atoms with van der Waals surface area (Å²) in [5.74, 6) is 0.217. The molecule has 2 aromatic heterocycles. The molecule has 1 amide bonds. The van der Waals surface area contributed by atoms with Crippen LogP contribution in [-0.4, -0.2) is 54.2 Å².